The van der Waals surface area contributed by atoms with Crippen molar-refractivity contribution in [2.45, 2.75) is 12.6 Å². The monoisotopic (exact) mass is 455 g/mol. The quantitative estimate of drug-likeness (QED) is 0.544. The molecular formula is C22H22ClN5O2S. The van der Waals surface area contributed by atoms with Gasteiger partial charge < -0.3 is 15.5 Å². The van der Waals surface area contributed by atoms with Crippen LogP contribution in [0.15, 0.2) is 60.1 Å². The number of piperazine rings is 1. The fraction of sp³-hybridized carbons (Fsp3) is 0.227. The van der Waals surface area contributed by atoms with Crippen molar-refractivity contribution >= 4 is 39.9 Å². The fourth-order valence-corrected chi connectivity index (χ4v) is 4.32. The molecule has 1 atom stereocenters. The number of pyridine rings is 1. The highest BCUT2D eigenvalue weighted by Crippen LogP contribution is 2.26. The predicted molar refractivity (Wildman–Crippen MR) is 123 cm³/mol. The van der Waals surface area contributed by atoms with E-state index in [0.717, 1.165) is 11.3 Å². The van der Waals surface area contributed by atoms with Crippen molar-refractivity contribution in [1.82, 2.24) is 20.5 Å². The number of hydrogen-bond donors (Lipinski definition) is 3. The largest absolute Gasteiger partial charge is 0.348 e. The van der Waals surface area contributed by atoms with Crippen LogP contribution in [-0.4, -0.2) is 41.5 Å². The van der Waals surface area contributed by atoms with Gasteiger partial charge in [-0.15, -0.1) is 11.3 Å². The molecular weight excluding hydrogens is 434 g/mol. The van der Waals surface area contributed by atoms with Crippen LogP contribution in [0.1, 0.15) is 27.7 Å². The molecule has 160 valence electrons. The molecule has 9 heteroatoms. The van der Waals surface area contributed by atoms with Crippen LogP contribution >= 0.6 is 22.9 Å². The van der Waals surface area contributed by atoms with Gasteiger partial charge in [0.25, 0.3) is 5.91 Å². The van der Waals surface area contributed by atoms with E-state index in [4.69, 9.17) is 11.6 Å². The number of nitrogens with one attached hydrogen (secondary N) is 3. The Balaban J connectivity index is 1.42. The third kappa shape index (κ3) is 5.22. The first kappa shape index (κ1) is 21.3. The van der Waals surface area contributed by atoms with Crippen LogP contribution in [0.5, 0.6) is 0 Å². The zero-order valence-corrected chi connectivity index (χ0v) is 18.2. The number of anilines is 1. The average molecular weight is 456 g/mol. The van der Waals surface area contributed by atoms with Crippen LogP contribution < -0.4 is 16.0 Å². The molecule has 0 spiro atoms. The number of aromatic nitrogens is 1. The first-order valence-corrected chi connectivity index (χ1v) is 11.2. The molecule has 4 rings (SSSR count). The van der Waals surface area contributed by atoms with Crippen molar-refractivity contribution in [3.05, 3.63) is 82.0 Å². The van der Waals surface area contributed by atoms with E-state index in [0.29, 0.717) is 41.8 Å². The molecule has 1 aliphatic rings. The highest BCUT2D eigenvalue weighted by atomic mass is 35.5. The van der Waals surface area contributed by atoms with E-state index in [9.17, 15) is 9.59 Å². The van der Waals surface area contributed by atoms with Crippen LogP contribution in [0.25, 0.3) is 0 Å². The number of benzene rings is 1. The molecule has 0 aliphatic carbocycles. The van der Waals surface area contributed by atoms with E-state index < -0.39 is 0 Å². The van der Waals surface area contributed by atoms with E-state index in [1.165, 1.54) is 11.3 Å². The van der Waals surface area contributed by atoms with Crippen molar-refractivity contribution in [2.24, 2.45) is 0 Å². The Kier molecular flexibility index (Phi) is 6.81. The van der Waals surface area contributed by atoms with Gasteiger partial charge in [0, 0.05) is 37.4 Å². The number of thiophene rings is 1. The van der Waals surface area contributed by atoms with Gasteiger partial charge in [-0.2, -0.15) is 0 Å². The third-order valence-corrected chi connectivity index (χ3v) is 6.11. The third-order valence-electron chi connectivity index (χ3n) is 5.03. The molecule has 1 aliphatic heterocycles. The van der Waals surface area contributed by atoms with Crippen molar-refractivity contribution in [1.29, 1.82) is 0 Å². The maximum absolute atomic E-state index is 13.1. The zero-order chi connectivity index (χ0) is 21.6. The van der Waals surface area contributed by atoms with E-state index in [2.05, 4.69) is 20.9 Å². The van der Waals surface area contributed by atoms with Gasteiger partial charge in [-0.3, -0.25) is 15.1 Å². The number of halogens is 1. The number of amides is 3. The fourth-order valence-electron chi connectivity index (χ4n) is 3.42. The Labute approximate surface area is 189 Å². The summed E-state index contributed by atoms with van der Waals surface area (Å²) in [5.41, 5.74) is 2.21. The second-order valence-electron chi connectivity index (χ2n) is 7.07. The van der Waals surface area contributed by atoms with E-state index in [-0.39, 0.29) is 18.0 Å². The van der Waals surface area contributed by atoms with Gasteiger partial charge in [-0.25, -0.2) is 4.79 Å². The van der Waals surface area contributed by atoms with Gasteiger partial charge in [0.1, 0.15) is 5.00 Å². The van der Waals surface area contributed by atoms with Crippen molar-refractivity contribution in [2.75, 3.05) is 25.0 Å². The molecule has 1 aromatic carbocycles. The first-order valence-electron chi connectivity index (χ1n) is 9.91. The topological polar surface area (TPSA) is 86.4 Å². The summed E-state index contributed by atoms with van der Waals surface area (Å²) in [6.07, 6.45) is 1.72. The van der Waals surface area contributed by atoms with Crippen LogP contribution in [0.3, 0.4) is 0 Å². The lowest BCUT2D eigenvalue weighted by molar-refractivity contribution is 0.0952. The minimum absolute atomic E-state index is 0.169. The maximum Gasteiger partial charge on any atom is 0.323 e. The highest BCUT2D eigenvalue weighted by Gasteiger charge is 2.29. The minimum atomic E-state index is -0.244. The van der Waals surface area contributed by atoms with Crippen LogP contribution in [0.2, 0.25) is 5.02 Å². The Morgan fingerprint density at radius 2 is 2.03 bits per heavy atom. The molecule has 0 saturated carbocycles. The van der Waals surface area contributed by atoms with Crippen molar-refractivity contribution in [3.8, 4) is 0 Å². The highest BCUT2D eigenvalue weighted by molar-refractivity contribution is 7.14. The normalized spacial score (nSPS) is 16.0. The molecule has 7 nitrogen and oxygen atoms in total. The van der Waals surface area contributed by atoms with Crippen LogP contribution in [0, 0.1) is 0 Å². The molecule has 3 N–H and O–H groups in total. The summed E-state index contributed by atoms with van der Waals surface area (Å²) >= 11 is 7.22. The number of carbonyl (C=O) groups excluding carboxylic acids is 2. The first-order chi connectivity index (χ1) is 15.1. The van der Waals surface area contributed by atoms with Crippen LogP contribution in [0.4, 0.5) is 9.80 Å². The lowest BCUT2D eigenvalue weighted by atomic mass is 10.1. The Morgan fingerprint density at radius 1 is 1.19 bits per heavy atom. The number of hydrogen-bond acceptors (Lipinski definition) is 5. The SMILES string of the molecule is O=C(NCc1ccc(Cl)cc1)c1ccsc1NC(=O)N1CCNCC1c1ccccn1. The summed E-state index contributed by atoms with van der Waals surface area (Å²) in [5, 5.41) is 12.1. The minimum Gasteiger partial charge on any atom is -0.348 e. The van der Waals surface area contributed by atoms with Crippen LogP contribution in [-0.2, 0) is 6.54 Å². The summed E-state index contributed by atoms with van der Waals surface area (Å²) in [4.78, 5) is 31.9. The number of nitrogens with zero attached hydrogens (tertiary/aromatic N) is 2. The average Bonchev–Trinajstić information content (AvgIpc) is 3.27. The van der Waals surface area contributed by atoms with Gasteiger partial charge in [0.2, 0.25) is 0 Å². The maximum atomic E-state index is 13.1. The van der Waals surface area contributed by atoms with Gasteiger partial charge in [-0.1, -0.05) is 29.8 Å². The van der Waals surface area contributed by atoms with Gasteiger partial charge >= 0.3 is 6.03 Å². The second kappa shape index (κ2) is 9.91. The second-order valence-corrected chi connectivity index (χ2v) is 8.42. The van der Waals surface area contributed by atoms with E-state index >= 15 is 0 Å². The molecule has 3 amide bonds. The van der Waals surface area contributed by atoms with E-state index in [1.54, 1.807) is 34.7 Å². The summed E-state index contributed by atoms with van der Waals surface area (Å²) in [6, 6.07) is 14.3. The molecule has 1 saturated heterocycles. The molecule has 1 fully saturated rings. The lowest BCUT2D eigenvalue weighted by Crippen LogP contribution is -2.50. The zero-order valence-electron chi connectivity index (χ0n) is 16.7. The Bertz CT molecular complexity index is 1040. The molecule has 3 heterocycles. The summed E-state index contributed by atoms with van der Waals surface area (Å²) < 4.78 is 0. The van der Waals surface area contributed by atoms with E-state index in [1.807, 2.05) is 30.3 Å². The molecule has 31 heavy (non-hydrogen) atoms. The molecule has 1 unspecified atom stereocenters. The van der Waals surface area contributed by atoms with Crippen molar-refractivity contribution in [3.63, 3.8) is 0 Å². The Morgan fingerprint density at radius 3 is 2.81 bits per heavy atom. The van der Waals surface area contributed by atoms with Gasteiger partial charge in [0.05, 0.1) is 17.3 Å². The smallest absolute Gasteiger partial charge is 0.323 e. The molecule has 3 aromatic rings. The Hall–Kier alpha value is -2.94. The van der Waals surface area contributed by atoms with Gasteiger partial charge in [-0.05, 0) is 41.3 Å². The lowest BCUT2D eigenvalue weighted by Gasteiger charge is -2.35. The summed E-state index contributed by atoms with van der Waals surface area (Å²) in [7, 11) is 0. The number of carbonyl (C=O) groups is 2. The number of rotatable bonds is 5. The molecule has 2 aromatic heterocycles. The standard InChI is InChI=1S/C22H22ClN5O2S/c23-16-6-4-15(5-7-16)13-26-20(29)17-8-12-31-21(17)27-22(30)28-11-10-24-14-19(28)18-3-1-2-9-25-18/h1-9,12,19,24H,10-11,13-14H2,(H,26,29)(H,27,30). The van der Waals surface area contributed by atoms with Crippen molar-refractivity contribution < 1.29 is 9.59 Å². The van der Waals surface area contributed by atoms with Gasteiger partial charge in [0.15, 0.2) is 0 Å². The molecule has 0 radical (unpaired) electrons. The predicted octanol–water partition coefficient (Wildman–Crippen LogP) is 3.90. The number of urea groups is 1. The summed E-state index contributed by atoms with van der Waals surface area (Å²) in [5.74, 6) is -0.243. The summed E-state index contributed by atoms with van der Waals surface area (Å²) in [6.45, 7) is 2.26. The molecule has 0 bridgehead atoms.